The molecule has 0 fully saturated rings. The first-order valence-corrected chi connectivity index (χ1v) is 11.4. The molecule has 2 heterocycles. The van der Waals surface area contributed by atoms with Crippen LogP contribution in [0.3, 0.4) is 0 Å². The fourth-order valence-electron chi connectivity index (χ4n) is 3.75. The number of hydrogen-bond donors (Lipinski definition) is 1. The van der Waals surface area contributed by atoms with Gasteiger partial charge < -0.3 is 4.74 Å². The van der Waals surface area contributed by atoms with Crippen LogP contribution < -0.4 is 10.1 Å². The van der Waals surface area contributed by atoms with E-state index < -0.39 is 0 Å². The molecule has 5 nitrogen and oxygen atoms in total. The topological polar surface area (TPSA) is 54.5 Å². The maximum absolute atomic E-state index is 12.7. The molecule has 0 saturated heterocycles. The van der Waals surface area contributed by atoms with Crippen LogP contribution in [0.15, 0.2) is 84.9 Å². The number of carbonyl (C=O) groups is 1. The zero-order valence-electron chi connectivity index (χ0n) is 17.5. The minimum Gasteiger partial charge on any atom is -0.457 e. The van der Waals surface area contributed by atoms with Crippen LogP contribution in [0.4, 0.5) is 5.13 Å². The number of aromatic nitrogens is 1. The van der Waals surface area contributed by atoms with Crippen LogP contribution in [0.5, 0.6) is 11.5 Å². The summed E-state index contributed by atoms with van der Waals surface area (Å²) < 4.78 is 5.79. The highest BCUT2D eigenvalue weighted by Gasteiger charge is 2.21. The third-order valence-corrected chi connectivity index (χ3v) is 6.37. The summed E-state index contributed by atoms with van der Waals surface area (Å²) in [7, 11) is 0. The lowest BCUT2D eigenvalue weighted by Gasteiger charge is -2.25. The number of amides is 1. The van der Waals surface area contributed by atoms with E-state index in [1.807, 2.05) is 36.4 Å². The average Bonchev–Trinajstić information content (AvgIpc) is 3.22. The third-order valence-electron chi connectivity index (χ3n) is 5.38. The van der Waals surface area contributed by atoms with Crippen LogP contribution in [-0.2, 0) is 19.5 Å². The minimum absolute atomic E-state index is 0.163. The van der Waals surface area contributed by atoms with Crippen LogP contribution in [0.1, 0.15) is 26.5 Å². The van der Waals surface area contributed by atoms with Crippen molar-refractivity contribution in [2.45, 2.75) is 19.5 Å². The monoisotopic (exact) mass is 441 g/mol. The summed E-state index contributed by atoms with van der Waals surface area (Å²) in [5.41, 5.74) is 2.99. The number of thiazole rings is 1. The molecule has 1 N–H and O–H groups in total. The first kappa shape index (κ1) is 20.4. The second-order valence-electron chi connectivity index (χ2n) is 7.73. The van der Waals surface area contributed by atoms with Crippen LogP contribution in [0.25, 0.3) is 0 Å². The standard InChI is InChI=1S/C26H23N3O2S/c30-25(20-11-13-22(14-12-20)31-21-9-5-2-6-10-21)28-26-27-23-15-16-29(18-24(23)32-26)17-19-7-3-1-4-8-19/h1-14H,15-18H2,(H,27,28,30). The van der Waals surface area contributed by atoms with Crippen molar-refractivity contribution in [2.75, 3.05) is 11.9 Å². The summed E-state index contributed by atoms with van der Waals surface area (Å²) in [4.78, 5) is 21.0. The summed E-state index contributed by atoms with van der Waals surface area (Å²) >= 11 is 1.57. The molecule has 0 bridgehead atoms. The van der Waals surface area contributed by atoms with Crippen molar-refractivity contribution in [3.8, 4) is 11.5 Å². The van der Waals surface area contributed by atoms with E-state index in [0.29, 0.717) is 16.4 Å². The highest BCUT2D eigenvalue weighted by molar-refractivity contribution is 7.15. The molecule has 0 unspecified atom stereocenters. The fraction of sp³-hybridized carbons (Fsp3) is 0.154. The van der Waals surface area contributed by atoms with Gasteiger partial charge in [0, 0.05) is 36.5 Å². The Morgan fingerprint density at radius 2 is 1.62 bits per heavy atom. The number of rotatable bonds is 6. The Morgan fingerprint density at radius 3 is 2.38 bits per heavy atom. The van der Waals surface area contributed by atoms with E-state index in [0.717, 1.165) is 37.5 Å². The number of hydrogen-bond acceptors (Lipinski definition) is 5. The van der Waals surface area contributed by atoms with Crippen molar-refractivity contribution in [3.05, 3.63) is 107 Å². The van der Waals surface area contributed by atoms with Crippen LogP contribution in [-0.4, -0.2) is 22.3 Å². The van der Waals surface area contributed by atoms with Crippen LogP contribution in [0, 0.1) is 0 Å². The van der Waals surface area contributed by atoms with Crippen molar-refractivity contribution >= 4 is 22.4 Å². The lowest BCUT2D eigenvalue weighted by atomic mass is 10.1. The maximum atomic E-state index is 12.7. The Kier molecular flexibility index (Phi) is 5.96. The Bertz CT molecular complexity index is 1190. The lowest BCUT2D eigenvalue weighted by molar-refractivity contribution is 0.102. The largest absolute Gasteiger partial charge is 0.457 e. The molecule has 0 aliphatic carbocycles. The van der Waals surface area contributed by atoms with Gasteiger partial charge in [0.05, 0.1) is 5.69 Å². The molecule has 6 heteroatoms. The first-order valence-electron chi connectivity index (χ1n) is 10.6. The van der Waals surface area contributed by atoms with Crippen molar-refractivity contribution in [1.29, 1.82) is 0 Å². The molecule has 160 valence electrons. The molecular formula is C26H23N3O2S. The minimum atomic E-state index is -0.163. The highest BCUT2D eigenvalue weighted by Crippen LogP contribution is 2.29. The maximum Gasteiger partial charge on any atom is 0.257 e. The molecular weight excluding hydrogens is 418 g/mol. The smallest absolute Gasteiger partial charge is 0.257 e. The van der Waals surface area contributed by atoms with Crippen molar-refractivity contribution in [2.24, 2.45) is 0 Å². The summed E-state index contributed by atoms with van der Waals surface area (Å²) in [6.45, 7) is 2.77. The molecule has 5 rings (SSSR count). The Morgan fingerprint density at radius 1 is 0.938 bits per heavy atom. The SMILES string of the molecule is O=C(Nc1nc2c(s1)CN(Cc1ccccc1)CC2)c1ccc(Oc2ccccc2)cc1. The molecule has 4 aromatic rings. The van der Waals surface area contributed by atoms with Gasteiger partial charge in [0.25, 0.3) is 5.91 Å². The van der Waals surface area contributed by atoms with Crippen LogP contribution >= 0.6 is 11.3 Å². The molecule has 32 heavy (non-hydrogen) atoms. The normalized spacial score (nSPS) is 13.4. The molecule has 1 aliphatic rings. The number of ether oxygens (including phenoxy) is 1. The second-order valence-corrected chi connectivity index (χ2v) is 8.81. The van der Waals surface area contributed by atoms with Gasteiger partial charge in [0.15, 0.2) is 5.13 Å². The Labute approximate surface area is 191 Å². The lowest BCUT2D eigenvalue weighted by Crippen LogP contribution is -2.29. The molecule has 0 saturated carbocycles. The van der Waals surface area contributed by atoms with Crippen molar-refractivity contribution in [3.63, 3.8) is 0 Å². The molecule has 3 aromatic carbocycles. The van der Waals surface area contributed by atoms with Gasteiger partial charge in [-0.05, 0) is 42.0 Å². The Hall–Kier alpha value is -3.48. The third kappa shape index (κ3) is 4.88. The Balaban J connectivity index is 1.20. The number of carbonyl (C=O) groups excluding carboxylic acids is 1. The van der Waals surface area contributed by atoms with E-state index in [2.05, 4.69) is 39.5 Å². The highest BCUT2D eigenvalue weighted by atomic mass is 32.1. The molecule has 0 spiro atoms. The van der Waals surface area contributed by atoms with Gasteiger partial charge in [-0.25, -0.2) is 4.98 Å². The van der Waals surface area contributed by atoms with E-state index in [9.17, 15) is 4.79 Å². The predicted octanol–water partition coefficient (Wildman–Crippen LogP) is 5.75. The van der Waals surface area contributed by atoms with E-state index in [1.54, 1.807) is 35.6 Å². The summed E-state index contributed by atoms with van der Waals surface area (Å²) in [6.07, 6.45) is 0.903. The van der Waals surface area contributed by atoms with Crippen LogP contribution in [0.2, 0.25) is 0 Å². The molecule has 0 radical (unpaired) electrons. The number of para-hydroxylation sites is 1. The molecule has 1 aromatic heterocycles. The van der Waals surface area contributed by atoms with Gasteiger partial charge in [-0.3, -0.25) is 15.0 Å². The number of fused-ring (bicyclic) bond motifs is 1. The number of nitrogens with zero attached hydrogens (tertiary/aromatic N) is 2. The molecule has 1 aliphatic heterocycles. The van der Waals surface area contributed by atoms with Crippen molar-refractivity contribution in [1.82, 2.24) is 9.88 Å². The summed E-state index contributed by atoms with van der Waals surface area (Å²) in [5.74, 6) is 1.29. The first-order chi connectivity index (χ1) is 15.7. The van der Waals surface area contributed by atoms with E-state index in [1.165, 1.54) is 10.4 Å². The van der Waals surface area contributed by atoms with Gasteiger partial charge in [-0.1, -0.05) is 48.5 Å². The van der Waals surface area contributed by atoms with Gasteiger partial charge in [-0.15, -0.1) is 11.3 Å². The zero-order chi connectivity index (χ0) is 21.8. The van der Waals surface area contributed by atoms with Gasteiger partial charge in [0.1, 0.15) is 11.5 Å². The number of anilines is 1. The van der Waals surface area contributed by atoms with Gasteiger partial charge in [0.2, 0.25) is 0 Å². The van der Waals surface area contributed by atoms with E-state index in [-0.39, 0.29) is 5.91 Å². The average molecular weight is 442 g/mol. The quantitative estimate of drug-likeness (QED) is 0.414. The van der Waals surface area contributed by atoms with Gasteiger partial charge >= 0.3 is 0 Å². The summed E-state index contributed by atoms with van der Waals surface area (Å²) in [5, 5.41) is 3.62. The fourth-order valence-corrected chi connectivity index (χ4v) is 4.79. The molecule has 1 amide bonds. The second kappa shape index (κ2) is 9.34. The number of nitrogens with one attached hydrogen (secondary N) is 1. The van der Waals surface area contributed by atoms with Gasteiger partial charge in [-0.2, -0.15) is 0 Å². The zero-order valence-corrected chi connectivity index (χ0v) is 18.3. The number of benzene rings is 3. The van der Waals surface area contributed by atoms with E-state index in [4.69, 9.17) is 4.74 Å². The predicted molar refractivity (Wildman–Crippen MR) is 127 cm³/mol. The van der Waals surface area contributed by atoms with Crippen molar-refractivity contribution < 1.29 is 9.53 Å². The van der Waals surface area contributed by atoms with E-state index >= 15 is 0 Å². The summed E-state index contributed by atoms with van der Waals surface area (Å²) in [6, 6.07) is 27.2. The molecule has 0 atom stereocenters.